The number of hydrogen-bond donors (Lipinski definition) is 0. The minimum absolute atomic E-state index is 0.280. The molecule has 1 nitrogen and oxygen atoms in total. The maximum Gasteiger partial charge on any atom is 0.0926 e. The molecule has 1 aliphatic heterocycles. The van der Waals surface area contributed by atoms with Crippen molar-refractivity contribution in [2.75, 3.05) is 0 Å². The monoisotopic (exact) mass is 140 g/mol. The highest BCUT2D eigenvalue weighted by atomic mass is 16.6. The van der Waals surface area contributed by atoms with E-state index in [0.29, 0.717) is 11.5 Å². The van der Waals surface area contributed by atoms with Gasteiger partial charge in [0.15, 0.2) is 0 Å². The Balaban J connectivity index is 2.16. The zero-order chi connectivity index (χ0) is 7.41. The van der Waals surface area contributed by atoms with Crippen molar-refractivity contribution in [3.8, 4) is 0 Å². The van der Waals surface area contributed by atoms with Gasteiger partial charge in [-0.3, -0.25) is 0 Å². The average molecular weight is 140 g/mol. The van der Waals surface area contributed by atoms with E-state index >= 15 is 0 Å². The van der Waals surface area contributed by atoms with Crippen molar-refractivity contribution in [3.05, 3.63) is 0 Å². The maximum atomic E-state index is 5.68. The highest BCUT2D eigenvalue weighted by Gasteiger charge is 2.61. The van der Waals surface area contributed by atoms with Crippen molar-refractivity contribution < 1.29 is 4.74 Å². The summed E-state index contributed by atoms with van der Waals surface area (Å²) < 4.78 is 5.68. The molecule has 1 aliphatic carbocycles. The standard InChI is InChI=1S/C9H16O/c1-8(2)5-4-6-9(3)7(8)10-9/h7H,4-6H2,1-3H3/t7-,9-/m1/s1. The van der Waals surface area contributed by atoms with Crippen molar-refractivity contribution in [2.45, 2.75) is 51.7 Å². The maximum absolute atomic E-state index is 5.68. The third-order valence-electron chi connectivity index (χ3n) is 3.09. The molecule has 2 fully saturated rings. The second-order valence-corrected chi connectivity index (χ2v) is 4.65. The minimum atomic E-state index is 0.280. The zero-order valence-corrected chi connectivity index (χ0v) is 7.11. The van der Waals surface area contributed by atoms with Gasteiger partial charge in [-0.05, 0) is 31.6 Å². The van der Waals surface area contributed by atoms with Gasteiger partial charge in [-0.1, -0.05) is 13.8 Å². The van der Waals surface area contributed by atoms with Crippen LogP contribution in [-0.4, -0.2) is 11.7 Å². The molecule has 0 radical (unpaired) electrons. The molecular weight excluding hydrogens is 124 g/mol. The summed E-state index contributed by atoms with van der Waals surface area (Å²) >= 11 is 0. The van der Waals surface area contributed by atoms with Crippen LogP contribution in [0.1, 0.15) is 40.0 Å². The fraction of sp³-hybridized carbons (Fsp3) is 1.00. The Kier molecular flexibility index (Phi) is 1.05. The molecule has 1 heteroatoms. The number of rotatable bonds is 0. The first-order valence-corrected chi connectivity index (χ1v) is 4.22. The molecule has 1 saturated carbocycles. The smallest absolute Gasteiger partial charge is 0.0926 e. The molecule has 0 amide bonds. The Morgan fingerprint density at radius 1 is 1.20 bits per heavy atom. The summed E-state index contributed by atoms with van der Waals surface area (Å²) in [5, 5.41) is 0. The van der Waals surface area contributed by atoms with Crippen LogP contribution in [0.25, 0.3) is 0 Å². The van der Waals surface area contributed by atoms with Gasteiger partial charge >= 0.3 is 0 Å². The molecule has 2 atom stereocenters. The van der Waals surface area contributed by atoms with Crippen LogP contribution < -0.4 is 0 Å². The molecule has 2 rings (SSSR count). The normalized spacial score (nSPS) is 50.1. The topological polar surface area (TPSA) is 12.5 Å². The van der Waals surface area contributed by atoms with E-state index in [4.69, 9.17) is 4.74 Å². The molecule has 0 aromatic rings. The minimum Gasteiger partial charge on any atom is -0.366 e. The van der Waals surface area contributed by atoms with Crippen LogP contribution in [0.15, 0.2) is 0 Å². The van der Waals surface area contributed by atoms with E-state index < -0.39 is 0 Å². The van der Waals surface area contributed by atoms with E-state index in [1.54, 1.807) is 0 Å². The van der Waals surface area contributed by atoms with Gasteiger partial charge in [0.2, 0.25) is 0 Å². The van der Waals surface area contributed by atoms with Crippen LogP contribution in [0.2, 0.25) is 0 Å². The fourth-order valence-electron chi connectivity index (χ4n) is 2.44. The van der Waals surface area contributed by atoms with Gasteiger partial charge in [-0.25, -0.2) is 0 Å². The van der Waals surface area contributed by atoms with Gasteiger partial charge in [0.05, 0.1) is 11.7 Å². The summed E-state index contributed by atoms with van der Waals surface area (Å²) in [7, 11) is 0. The largest absolute Gasteiger partial charge is 0.366 e. The van der Waals surface area contributed by atoms with E-state index in [9.17, 15) is 0 Å². The van der Waals surface area contributed by atoms with E-state index in [1.807, 2.05) is 0 Å². The predicted octanol–water partition coefficient (Wildman–Crippen LogP) is 2.35. The Bertz CT molecular complexity index is 162. The fourth-order valence-corrected chi connectivity index (χ4v) is 2.44. The highest BCUT2D eigenvalue weighted by molar-refractivity contribution is 5.09. The lowest BCUT2D eigenvalue weighted by Gasteiger charge is -2.28. The lowest BCUT2D eigenvalue weighted by atomic mass is 9.73. The molecule has 0 bridgehead atoms. The summed E-state index contributed by atoms with van der Waals surface area (Å²) in [5.74, 6) is 0. The highest BCUT2D eigenvalue weighted by Crippen LogP contribution is 2.55. The molecule has 58 valence electrons. The first-order chi connectivity index (χ1) is 4.55. The average Bonchev–Trinajstić information content (AvgIpc) is 2.41. The first-order valence-electron chi connectivity index (χ1n) is 4.22. The quantitative estimate of drug-likeness (QED) is 0.470. The SMILES string of the molecule is CC1(C)CCC[C@@]2(C)O[C@H]12. The molecular formula is C9H16O. The summed E-state index contributed by atoms with van der Waals surface area (Å²) in [6.07, 6.45) is 4.53. The molecule has 0 aromatic heterocycles. The molecule has 2 aliphatic rings. The molecule has 0 spiro atoms. The predicted molar refractivity (Wildman–Crippen MR) is 40.9 cm³/mol. The van der Waals surface area contributed by atoms with Crippen molar-refractivity contribution >= 4 is 0 Å². The Morgan fingerprint density at radius 2 is 1.90 bits per heavy atom. The van der Waals surface area contributed by atoms with Gasteiger partial charge in [0.25, 0.3) is 0 Å². The van der Waals surface area contributed by atoms with Crippen LogP contribution in [0, 0.1) is 5.41 Å². The van der Waals surface area contributed by atoms with E-state index in [1.165, 1.54) is 19.3 Å². The lowest BCUT2D eigenvalue weighted by molar-refractivity contribution is 0.229. The van der Waals surface area contributed by atoms with Crippen molar-refractivity contribution in [3.63, 3.8) is 0 Å². The van der Waals surface area contributed by atoms with E-state index in [-0.39, 0.29) is 5.60 Å². The Labute approximate surface area is 62.8 Å². The number of ether oxygens (including phenoxy) is 1. The van der Waals surface area contributed by atoms with Crippen LogP contribution in [-0.2, 0) is 4.74 Å². The van der Waals surface area contributed by atoms with E-state index in [2.05, 4.69) is 20.8 Å². The molecule has 1 heterocycles. The van der Waals surface area contributed by atoms with Crippen molar-refractivity contribution in [2.24, 2.45) is 5.41 Å². The first kappa shape index (κ1) is 6.66. The molecule has 0 unspecified atom stereocenters. The summed E-state index contributed by atoms with van der Waals surface area (Å²) in [4.78, 5) is 0. The molecule has 10 heavy (non-hydrogen) atoms. The third kappa shape index (κ3) is 0.731. The van der Waals surface area contributed by atoms with Gasteiger partial charge < -0.3 is 4.74 Å². The van der Waals surface area contributed by atoms with Crippen molar-refractivity contribution in [1.29, 1.82) is 0 Å². The van der Waals surface area contributed by atoms with E-state index in [0.717, 1.165) is 0 Å². The zero-order valence-electron chi connectivity index (χ0n) is 7.11. The number of hydrogen-bond acceptors (Lipinski definition) is 1. The second kappa shape index (κ2) is 1.58. The molecule has 1 saturated heterocycles. The molecule has 0 aromatic carbocycles. The van der Waals surface area contributed by atoms with Gasteiger partial charge in [-0.15, -0.1) is 0 Å². The summed E-state index contributed by atoms with van der Waals surface area (Å²) in [5.41, 5.74) is 0.731. The van der Waals surface area contributed by atoms with Crippen molar-refractivity contribution in [1.82, 2.24) is 0 Å². The van der Waals surface area contributed by atoms with Gasteiger partial charge in [0, 0.05) is 0 Å². The number of fused-ring (bicyclic) bond motifs is 1. The van der Waals surface area contributed by atoms with Crippen LogP contribution in [0.5, 0.6) is 0 Å². The van der Waals surface area contributed by atoms with Gasteiger partial charge in [0.1, 0.15) is 0 Å². The number of epoxide rings is 1. The van der Waals surface area contributed by atoms with Crippen LogP contribution in [0.4, 0.5) is 0 Å². The third-order valence-corrected chi connectivity index (χ3v) is 3.09. The summed E-state index contributed by atoms with van der Waals surface area (Å²) in [6.45, 7) is 6.89. The second-order valence-electron chi connectivity index (χ2n) is 4.65. The Morgan fingerprint density at radius 3 is 2.40 bits per heavy atom. The summed E-state index contributed by atoms with van der Waals surface area (Å²) in [6, 6.07) is 0. The van der Waals surface area contributed by atoms with Crippen LogP contribution >= 0.6 is 0 Å². The van der Waals surface area contributed by atoms with Crippen LogP contribution in [0.3, 0.4) is 0 Å². The lowest BCUT2D eigenvalue weighted by Crippen LogP contribution is -2.30. The molecule has 0 N–H and O–H groups in total. The van der Waals surface area contributed by atoms with Gasteiger partial charge in [-0.2, -0.15) is 0 Å². The Hall–Kier alpha value is -0.0400.